The molecule has 2 bridgehead atoms. The second-order valence-electron chi connectivity index (χ2n) is 8.50. The topological polar surface area (TPSA) is 122 Å². The van der Waals surface area contributed by atoms with Gasteiger partial charge in [-0.1, -0.05) is 5.92 Å². The van der Waals surface area contributed by atoms with Crippen molar-refractivity contribution in [1.29, 1.82) is 0 Å². The molecule has 1 saturated heterocycles. The average Bonchev–Trinajstić information content (AvgIpc) is 3.19. The normalized spacial score (nSPS) is 34.1. The molecule has 3 aliphatic carbocycles. The van der Waals surface area contributed by atoms with Crippen molar-refractivity contribution in [3.8, 4) is 12.3 Å². The first-order valence-corrected chi connectivity index (χ1v) is 10.1. The van der Waals surface area contributed by atoms with Crippen molar-refractivity contribution in [1.82, 2.24) is 14.5 Å². The van der Waals surface area contributed by atoms with E-state index in [4.69, 9.17) is 38.0 Å². The summed E-state index contributed by atoms with van der Waals surface area (Å²) in [6.45, 7) is 0.0291. The van der Waals surface area contributed by atoms with Gasteiger partial charge in [-0.25, -0.2) is 9.78 Å². The van der Waals surface area contributed by atoms with Gasteiger partial charge in [-0.3, -0.25) is 0 Å². The summed E-state index contributed by atoms with van der Waals surface area (Å²) in [5.74, 6) is 3.48. The standard InChI is InChI=1S/C20H21ClN4O5/c1-2-20(10-29-18(27)28-9-19-6-11(7-19)8-19)13(26)5-14(30-20)25-4-3-12-15(22)23-17(21)24-16(12)25/h1,3-4,11,13-14,26H,5-10H2,(H2,22,23,24)/t11?,13-,14+,19?,20+/m0/s1. The van der Waals surface area contributed by atoms with E-state index in [-0.39, 0.29) is 29.5 Å². The van der Waals surface area contributed by atoms with Crippen molar-refractivity contribution in [3.63, 3.8) is 0 Å². The van der Waals surface area contributed by atoms with Crippen molar-refractivity contribution >= 4 is 34.6 Å². The van der Waals surface area contributed by atoms with Crippen molar-refractivity contribution in [3.05, 3.63) is 17.5 Å². The van der Waals surface area contributed by atoms with E-state index in [1.54, 1.807) is 16.8 Å². The average molecular weight is 433 g/mol. The minimum atomic E-state index is -1.50. The Balaban J connectivity index is 1.27. The van der Waals surface area contributed by atoms with Crippen molar-refractivity contribution in [2.75, 3.05) is 18.9 Å². The van der Waals surface area contributed by atoms with E-state index in [1.165, 1.54) is 0 Å². The number of aliphatic hydroxyl groups is 1. The molecule has 1 aliphatic heterocycles. The number of rotatable bonds is 5. The van der Waals surface area contributed by atoms with Gasteiger partial charge in [0, 0.05) is 18.0 Å². The summed E-state index contributed by atoms with van der Waals surface area (Å²) in [5, 5.41) is 11.2. The van der Waals surface area contributed by atoms with E-state index < -0.39 is 24.1 Å². The van der Waals surface area contributed by atoms with E-state index in [9.17, 15) is 9.90 Å². The van der Waals surface area contributed by atoms with Gasteiger partial charge >= 0.3 is 6.16 Å². The quantitative estimate of drug-likeness (QED) is 0.419. The van der Waals surface area contributed by atoms with Crippen LogP contribution in [-0.2, 0) is 14.2 Å². The van der Waals surface area contributed by atoms with Crippen LogP contribution in [-0.4, -0.2) is 50.7 Å². The predicted molar refractivity (Wildman–Crippen MR) is 106 cm³/mol. The van der Waals surface area contributed by atoms with E-state index in [1.807, 2.05) is 0 Å². The lowest BCUT2D eigenvalue weighted by molar-refractivity contribution is -0.149. The number of terminal acetylenes is 1. The number of ether oxygens (including phenoxy) is 3. The fraction of sp³-hybridized carbons (Fsp3) is 0.550. The number of nitrogen functional groups attached to an aromatic ring is 1. The second kappa shape index (κ2) is 6.74. The first-order valence-electron chi connectivity index (χ1n) is 9.76. The number of aromatic nitrogens is 3. The molecule has 0 unspecified atom stereocenters. The molecule has 4 aliphatic rings. The molecule has 10 heteroatoms. The number of aliphatic hydroxyl groups excluding tert-OH is 1. The zero-order valence-electron chi connectivity index (χ0n) is 16.1. The fourth-order valence-corrected chi connectivity index (χ4v) is 4.91. The molecule has 4 fully saturated rings. The first-order chi connectivity index (χ1) is 14.3. The third-order valence-corrected chi connectivity index (χ3v) is 6.67. The molecule has 3 saturated carbocycles. The monoisotopic (exact) mass is 432 g/mol. The number of halogens is 1. The Morgan fingerprint density at radius 3 is 2.80 bits per heavy atom. The van der Waals surface area contributed by atoms with E-state index >= 15 is 0 Å². The highest BCUT2D eigenvalue weighted by molar-refractivity contribution is 6.28. The number of hydrogen-bond acceptors (Lipinski definition) is 8. The van der Waals surface area contributed by atoms with Crippen LogP contribution in [0.4, 0.5) is 10.6 Å². The van der Waals surface area contributed by atoms with Gasteiger partial charge in [-0.05, 0) is 42.8 Å². The van der Waals surface area contributed by atoms with Crippen LogP contribution in [0.1, 0.15) is 31.9 Å². The van der Waals surface area contributed by atoms with E-state index in [2.05, 4.69) is 15.9 Å². The molecule has 158 valence electrons. The molecule has 0 aromatic carbocycles. The number of fused-ring (bicyclic) bond motifs is 1. The maximum atomic E-state index is 12.0. The molecule has 0 radical (unpaired) electrons. The summed E-state index contributed by atoms with van der Waals surface area (Å²) in [7, 11) is 0. The highest BCUT2D eigenvalue weighted by Crippen LogP contribution is 2.64. The van der Waals surface area contributed by atoms with Crippen LogP contribution < -0.4 is 5.73 Å². The summed E-state index contributed by atoms with van der Waals surface area (Å²) >= 11 is 5.93. The van der Waals surface area contributed by atoms with E-state index in [0.717, 1.165) is 25.2 Å². The van der Waals surface area contributed by atoms with Gasteiger partial charge in [-0.2, -0.15) is 4.98 Å². The molecule has 3 atom stereocenters. The smallest absolute Gasteiger partial charge is 0.434 e. The lowest BCUT2D eigenvalue weighted by Gasteiger charge is -2.61. The van der Waals surface area contributed by atoms with Gasteiger partial charge in [0.15, 0.2) is 5.60 Å². The zero-order chi connectivity index (χ0) is 21.1. The molecule has 3 N–H and O–H groups in total. The van der Waals surface area contributed by atoms with Crippen LogP contribution in [0.3, 0.4) is 0 Å². The van der Waals surface area contributed by atoms with Crippen LogP contribution in [0.25, 0.3) is 11.0 Å². The molecule has 0 spiro atoms. The van der Waals surface area contributed by atoms with Gasteiger partial charge in [0.2, 0.25) is 5.28 Å². The molecule has 2 aromatic rings. The highest BCUT2D eigenvalue weighted by atomic mass is 35.5. The van der Waals surface area contributed by atoms with Crippen molar-refractivity contribution < 1.29 is 24.1 Å². The second-order valence-corrected chi connectivity index (χ2v) is 8.84. The summed E-state index contributed by atoms with van der Waals surface area (Å²) in [6.07, 6.45) is 8.33. The number of anilines is 1. The van der Waals surface area contributed by atoms with Gasteiger partial charge in [-0.15, -0.1) is 6.42 Å². The van der Waals surface area contributed by atoms with Crippen LogP contribution >= 0.6 is 11.6 Å². The van der Waals surface area contributed by atoms with Crippen molar-refractivity contribution in [2.24, 2.45) is 11.3 Å². The highest BCUT2D eigenvalue weighted by Gasteiger charge is 2.57. The lowest BCUT2D eigenvalue weighted by atomic mass is 9.45. The van der Waals surface area contributed by atoms with Crippen LogP contribution in [0.5, 0.6) is 0 Å². The third kappa shape index (κ3) is 2.98. The number of carbonyl (C=O) groups is 1. The molecular formula is C20H21ClN4O5. The molecular weight excluding hydrogens is 412 g/mol. The largest absolute Gasteiger partial charge is 0.508 e. The molecule has 6 rings (SSSR count). The maximum absolute atomic E-state index is 12.0. The molecule has 0 amide bonds. The Labute approximate surface area is 177 Å². The summed E-state index contributed by atoms with van der Waals surface area (Å²) in [6, 6.07) is 1.73. The summed E-state index contributed by atoms with van der Waals surface area (Å²) < 4.78 is 18.1. The lowest BCUT2D eigenvalue weighted by Crippen LogP contribution is -2.54. The number of nitrogens with two attached hydrogens (primary N) is 1. The Bertz CT molecular complexity index is 1050. The number of nitrogens with zero attached hydrogens (tertiary/aromatic N) is 3. The van der Waals surface area contributed by atoms with Gasteiger partial charge in [0.25, 0.3) is 0 Å². The first kappa shape index (κ1) is 19.4. The minimum absolute atomic E-state index is 0.00324. The molecule has 2 aromatic heterocycles. The van der Waals surface area contributed by atoms with Crippen LogP contribution in [0.2, 0.25) is 5.28 Å². The third-order valence-electron chi connectivity index (χ3n) is 6.50. The Kier molecular flexibility index (Phi) is 4.36. The fourth-order valence-electron chi connectivity index (χ4n) is 4.74. The Morgan fingerprint density at radius 2 is 2.13 bits per heavy atom. The summed E-state index contributed by atoms with van der Waals surface area (Å²) in [5.41, 5.74) is 5.00. The SMILES string of the molecule is C#C[C@]1(COC(=O)OCC23CC(C2)C3)O[C@@H](n2ccc3c(N)nc(Cl)nc32)C[C@@H]1O. The van der Waals surface area contributed by atoms with Crippen LogP contribution in [0, 0.1) is 23.7 Å². The zero-order valence-corrected chi connectivity index (χ0v) is 16.8. The molecule has 3 heterocycles. The maximum Gasteiger partial charge on any atom is 0.508 e. The van der Waals surface area contributed by atoms with Gasteiger partial charge in [0.05, 0.1) is 5.39 Å². The molecule has 9 nitrogen and oxygen atoms in total. The summed E-state index contributed by atoms with van der Waals surface area (Å²) in [4.78, 5) is 20.1. The Morgan fingerprint density at radius 1 is 1.40 bits per heavy atom. The minimum Gasteiger partial charge on any atom is -0.434 e. The Hall–Kier alpha value is -2.54. The van der Waals surface area contributed by atoms with E-state index in [0.29, 0.717) is 17.6 Å². The van der Waals surface area contributed by atoms with Crippen molar-refractivity contribution in [2.45, 2.75) is 43.6 Å². The van der Waals surface area contributed by atoms with Gasteiger partial charge < -0.3 is 29.6 Å². The number of hydrogen-bond donors (Lipinski definition) is 2. The van der Waals surface area contributed by atoms with Crippen LogP contribution in [0.15, 0.2) is 12.3 Å². The number of carbonyl (C=O) groups excluding carboxylic acids is 1. The predicted octanol–water partition coefficient (Wildman–Crippen LogP) is 2.27. The van der Waals surface area contributed by atoms with Gasteiger partial charge in [0.1, 0.15) is 37.0 Å². The molecule has 30 heavy (non-hydrogen) atoms.